The molecule has 0 aliphatic heterocycles. The molecule has 3 aromatic carbocycles. The van der Waals surface area contributed by atoms with Crippen LogP contribution in [0.25, 0.3) is 22.2 Å². The largest absolute Gasteiger partial charge is 0.419 e. The quantitative estimate of drug-likeness (QED) is 0.450. The lowest BCUT2D eigenvalue weighted by Gasteiger charge is -2.14. The molecule has 0 aliphatic carbocycles. The first-order valence-corrected chi connectivity index (χ1v) is 9.22. The van der Waals surface area contributed by atoms with Crippen molar-refractivity contribution in [3.05, 3.63) is 82.7 Å². The second-order valence-electron chi connectivity index (χ2n) is 6.33. The Kier molecular flexibility index (Phi) is 4.82. The van der Waals surface area contributed by atoms with Crippen LogP contribution in [0.3, 0.4) is 0 Å². The second-order valence-corrected chi connectivity index (χ2v) is 7.19. The summed E-state index contributed by atoms with van der Waals surface area (Å²) in [5.41, 5.74) is 2.17. The Labute approximate surface area is 160 Å². The second kappa shape index (κ2) is 7.40. The fourth-order valence-corrected chi connectivity index (χ4v) is 3.45. The molecule has 1 heterocycles. The molecule has 4 aromatic rings. The van der Waals surface area contributed by atoms with Gasteiger partial charge in [0.1, 0.15) is 0 Å². The monoisotopic (exact) mass is 407 g/mol. The van der Waals surface area contributed by atoms with Crippen molar-refractivity contribution in [2.24, 2.45) is 0 Å². The molecular weight excluding hydrogens is 390 g/mol. The van der Waals surface area contributed by atoms with E-state index in [2.05, 4.69) is 80.5 Å². The summed E-state index contributed by atoms with van der Waals surface area (Å²) in [6, 6.07) is 22.8. The number of halogens is 1. The number of benzene rings is 3. The maximum atomic E-state index is 5.84. The van der Waals surface area contributed by atoms with Gasteiger partial charge in [0.05, 0.1) is 12.1 Å². The van der Waals surface area contributed by atoms with Gasteiger partial charge < -0.3 is 4.42 Å². The highest BCUT2D eigenvalue weighted by Gasteiger charge is 2.13. The maximum absolute atomic E-state index is 5.84. The van der Waals surface area contributed by atoms with Crippen LogP contribution >= 0.6 is 15.9 Å². The lowest BCUT2D eigenvalue weighted by Crippen LogP contribution is -2.17. The van der Waals surface area contributed by atoms with Crippen molar-refractivity contribution in [3.63, 3.8) is 0 Å². The van der Waals surface area contributed by atoms with Crippen molar-refractivity contribution in [2.45, 2.75) is 13.1 Å². The summed E-state index contributed by atoms with van der Waals surface area (Å²) in [6.07, 6.45) is 0. The van der Waals surface area contributed by atoms with E-state index in [1.165, 1.54) is 16.3 Å². The topological polar surface area (TPSA) is 42.2 Å². The Bertz CT molecular complexity index is 1040. The molecule has 0 amide bonds. The Balaban J connectivity index is 1.46. The number of nitrogens with zero attached hydrogens (tertiary/aromatic N) is 3. The van der Waals surface area contributed by atoms with Crippen molar-refractivity contribution < 1.29 is 4.42 Å². The van der Waals surface area contributed by atoms with E-state index in [1.807, 2.05) is 24.3 Å². The lowest BCUT2D eigenvalue weighted by molar-refractivity contribution is 0.283. The normalized spacial score (nSPS) is 11.3. The summed E-state index contributed by atoms with van der Waals surface area (Å²) in [4.78, 5) is 2.17. The first-order chi connectivity index (χ1) is 12.7. The third-order valence-electron chi connectivity index (χ3n) is 4.24. The summed E-state index contributed by atoms with van der Waals surface area (Å²) in [5, 5.41) is 10.9. The van der Waals surface area contributed by atoms with Crippen molar-refractivity contribution in [1.29, 1.82) is 0 Å². The van der Waals surface area contributed by atoms with Gasteiger partial charge in [-0.25, -0.2) is 0 Å². The number of aromatic nitrogens is 2. The van der Waals surface area contributed by atoms with Gasteiger partial charge in [-0.2, -0.15) is 0 Å². The van der Waals surface area contributed by atoms with Crippen LogP contribution in [0.1, 0.15) is 11.5 Å². The van der Waals surface area contributed by atoms with E-state index in [0.29, 0.717) is 18.3 Å². The molecule has 1 aromatic heterocycles. The summed E-state index contributed by atoms with van der Waals surface area (Å²) in [6.45, 7) is 1.42. The van der Waals surface area contributed by atoms with E-state index >= 15 is 0 Å². The highest BCUT2D eigenvalue weighted by Crippen LogP contribution is 2.27. The smallest absolute Gasteiger partial charge is 0.248 e. The van der Waals surface area contributed by atoms with E-state index in [0.717, 1.165) is 16.6 Å². The number of fused-ring (bicyclic) bond motifs is 1. The molecule has 26 heavy (non-hydrogen) atoms. The molecule has 0 aliphatic rings. The standard InChI is InChI=1S/C21H18BrN3O/c1-25(13-15-10-11-16-6-2-3-7-17(16)12-15)14-20-23-24-21(26-20)18-8-4-5-9-19(18)22/h2-12H,13-14H2,1H3. The van der Waals surface area contributed by atoms with Crippen LogP contribution in [0.15, 0.2) is 75.6 Å². The first kappa shape index (κ1) is 16.9. The van der Waals surface area contributed by atoms with Gasteiger partial charge in [-0.15, -0.1) is 10.2 Å². The van der Waals surface area contributed by atoms with Gasteiger partial charge in [-0.1, -0.05) is 48.5 Å². The first-order valence-electron chi connectivity index (χ1n) is 8.42. The highest BCUT2D eigenvalue weighted by atomic mass is 79.9. The SMILES string of the molecule is CN(Cc1ccc2ccccc2c1)Cc1nnc(-c2ccccc2Br)o1. The zero-order chi connectivity index (χ0) is 17.9. The molecule has 4 rings (SSSR count). The average Bonchev–Trinajstić information content (AvgIpc) is 3.10. The lowest BCUT2D eigenvalue weighted by atomic mass is 10.1. The Hall–Kier alpha value is -2.50. The Morgan fingerprint density at radius 3 is 2.50 bits per heavy atom. The zero-order valence-corrected chi connectivity index (χ0v) is 16.0. The van der Waals surface area contributed by atoms with E-state index < -0.39 is 0 Å². The molecule has 0 unspecified atom stereocenters. The molecule has 5 heteroatoms. The van der Waals surface area contributed by atoms with Gasteiger partial charge in [0.15, 0.2) is 0 Å². The van der Waals surface area contributed by atoms with Crippen molar-refractivity contribution >= 4 is 26.7 Å². The molecule has 0 bridgehead atoms. The van der Waals surface area contributed by atoms with Gasteiger partial charge in [0.2, 0.25) is 11.8 Å². The Morgan fingerprint density at radius 1 is 0.885 bits per heavy atom. The fourth-order valence-electron chi connectivity index (χ4n) is 3.00. The summed E-state index contributed by atoms with van der Waals surface area (Å²) < 4.78 is 6.78. The molecule has 0 N–H and O–H groups in total. The van der Waals surface area contributed by atoms with Crippen LogP contribution < -0.4 is 0 Å². The van der Waals surface area contributed by atoms with E-state index in [4.69, 9.17) is 4.42 Å². The van der Waals surface area contributed by atoms with Crippen LogP contribution in [0, 0.1) is 0 Å². The molecule has 0 spiro atoms. The predicted octanol–water partition coefficient (Wildman–Crippen LogP) is 5.28. The molecule has 0 atom stereocenters. The molecule has 130 valence electrons. The fraction of sp³-hybridized carbons (Fsp3) is 0.143. The molecule has 0 fully saturated rings. The van der Waals surface area contributed by atoms with Crippen molar-refractivity contribution in [1.82, 2.24) is 15.1 Å². The van der Waals surface area contributed by atoms with Gasteiger partial charge in [-0.05, 0) is 57.5 Å². The zero-order valence-electron chi connectivity index (χ0n) is 14.4. The van der Waals surface area contributed by atoms with Gasteiger partial charge in [-0.3, -0.25) is 4.90 Å². The van der Waals surface area contributed by atoms with Gasteiger partial charge in [0.25, 0.3) is 0 Å². The minimum Gasteiger partial charge on any atom is -0.419 e. The maximum Gasteiger partial charge on any atom is 0.248 e. The summed E-state index contributed by atoms with van der Waals surface area (Å²) in [7, 11) is 2.05. The molecule has 4 nitrogen and oxygen atoms in total. The third kappa shape index (κ3) is 3.69. The van der Waals surface area contributed by atoms with Crippen LogP contribution in [0.4, 0.5) is 0 Å². The van der Waals surface area contributed by atoms with Crippen LogP contribution in [0.5, 0.6) is 0 Å². The van der Waals surface area contributed by atoms with Crippen LogP contribution in [-0.4, -0.2) is 22.1 Å². The molecular formula is C21H18BrN3O. The van der Waals surface area contributed by atoms with E-state index in [1.54, 1.807) is 0 Å². The van der Waals surface area contributed by atoms with Crippen LogP contribution in [-0.2, 0) is 13.1 Å². The highest BCUT2D eigenvalue weighted by molar-refractivity contribution is 9.10. The van der Waals surface area contributed by atoms with Crippen molar-refractivity contribution in [2.75, 3.05) is 7.05 Å². The minimum absolute atomic E-state index is 0.534. The Morgan fingerprint density at radius 2 is 1.65 bits per heavy atom. The van der Waals surface area contributed by atoms with E-state index in [-0.39, 0.29) is 0 Å². The molecule has 0 saturated carbocycles. The third-order valence-corrected chi connectivity index (χ3v) is 4.93. The van der Waals surface area contributed by atoms with Gasteiger partial charge >= 0.3 is 0 Å². The van der Waals surface area contributed by atoms with E-state index in [9.17, 15) is 0 Å². The van der Waals surface area contributed by atoms with Crippen molar-refractivity contribution in [3.8, 4) is 11.5 Å². The van der Waals surface area contributed by atoms with Crippen LogP contribution in [0.2, 0.25) is 0 Å². The average molecular weight is 408 g/mol. The molecule has 0 saturated heterocycles. The minimum atomic E-state index is 0.534. The summed E-state index contributed by atoms with van der Waals surface area (Å²) in [5.74, 6) is 1.14. The molecule has 0 radical (unpaired) electrons. The number of hydrogen-bond acceptors (Lipinski definition) is 4. The predicted molar refractivity (Wildman–Crippen MR) is 107 cm³/mol. The summed E-state index contributed by atoms with van der Waals surface area (Å²) >= 11 is 3.52. The van der Waals surface area contributed by atoms with Gasteiger partial charge in [0, 0.05) is 11.0 Å². The number of hydrogen-bond donors (Lipinski definition) is 0. The number of rotatable bonds is 5.